The van der Waals surface area contributed by atoms with Gasteiger partial charge in [-0.15, -0.1) is 24.0 Å². The number of nitrogens with one attached hydrogen (secondary N) is 3. The van der Waals surface area contributed by atoms with E-state index in [-0.39, 0.29) is 35.6 Å². The first-order valence-corrected chi connectivity index (χ1v) is 10.9. The number of nitrogens with zero attached hydrogens (tertiary/aromatic N) is 1. The van der Waals surface area contributed by atoms with Gasteiger partial charge in [-0.2, -0.15) is 11.8 Å². The molecule has 1 aromatic rings. The van der Waals surface area contributed by atoms with Gasteiger partial charge in [-0.05, 0) is 56.6 Å². The predicted octanol–water partition coefficient (Wildman–Crippen LogP) is 3.36. The van der Waals surface area contributed by atoms with Crippen LogP contribution in [0.25, 0.3) is 0 Å². The van der Waals surface area contributed by atoms with E-state index in [0.29, 0.717) is 24.7 Å². The number of aromatic hydroxyl groups is 1. The molecule has 1 saturated carbocycles. The third kappa shape index (κ3) is 8.89. The van der Waals surface area contributed by atoms with Gasteiger partial charge in [0.1, 0.15) is 5.75 Å². The second-order valence-corrected chi connectivity index (χ2v) is 8.23. The molecular formula is C20H33IN4O2S. The number of carbonyl (C=O) groups excluding carboxylic acids is 1. The van der Waals surface area contributed by atoms with Crippen molar-refractivity contribution in [3.8, 4) is 5.75 Å². The van der Waals surface area contributed by atoms with Crippen molar-refractivity contribution in [1.29, 1.82) is 0 Å². The topological polar surface area (TPSA) is 85.8 Å². The summed E-state index contributed by atoms with van der Waals surface area (Å²) in [5.41, 5.74) is 0.467. The lowest BCUT2D eigenvalue weighted by molar-refractivity contribution is 0.0953. The number of halogens is 1. The van der Waals surface area contributed by atoms with E-state index >= 15 is 0 Å². The highest BCUT2D eigenvalue weighted by Crippen LogP contribution is 2.29. The number of carbonyl (C=O) groups is 1. The predicted molar refractivity (Wildman–Crippen MR) is 129 cm³/mol. The fourth-order valence-electron chi connectivity index (χ4n) is 3.19. The highest BCUT2D eigenvalue weighted by molar-refractivity contribution is 14.0. The number of aliphatic imine (C=N–C) groups is 1. The normalized spacial score (nSPS) is 19.0. The summed E-state index contributed by atoms with van der Waals surface area (Å²) in [6.07, 6.45) is 4.43. The van der Waals surface area contributed by atoms with Gasteiger partial charge in [0.2, 0.25) is 0 Å². The molecule has 1 amide bonds. The number of benzene rings is 1. The van der Waals surface area contributed by atoms with Crippen LogP contribution in [0.15, 0.2) is 29.3 Å². The Morgan fingerprint density at radius 3 is 2.82 bits per heavy atom. The molecule has 0 spiro atoms. The Bertz CT molecular complexity index is 630. The number of hydrogen-bond donors (Lipinski definition) is 4. The molecule has 1 aromatic carbocycles. The third-order valence-electron chi connectivity index (χ3n) is 4.47. The summed E-state index contributed by atoms with van der Waals surface area (Å²) in [5, 5.41) is 19.9. The molecule has 1 fully saturated rings. The first-order chi connectivity index (χ1) is 13.1. The molecule has 0 aromatic heterocycles. The Kier molecular flexibility index (Phi) is 12.4. The monoisotopic (exact) mass is 520 g/mol. The van der Waals surface area contributed by atoms with Gasteiger partial charge in [0, 0.05) is 36.5 Å². The van der Waals surface area contributed by atoms with Crippen LogP contribution in [-0.4, -0.2) is 53.7 Å². The summed E-state index contributed by atoms with van der Waals surface area (Å²) in [6.45, 7) is 6.32. The van der Waals surface area contributed by atoms with E-state index in [0.717, 1.165) is 24.2 Å². The van der Waals surface area contributed by atoms with E-state index in [1.54, 1.807) is 18.2 Å². The number of amides is 1. The van der Waals surface area contributed by atoms with Gasteiger partial charge in [0.25, 0.3) is 5.91 Å². The maximum absolute atomic E-state index is 12.0. The Balaban J connectivity index is 0.00000392. The number of phenolic OH excluding ortho intramolecular Hbond substituents is 1. The maximum atomic E-state index is 12.0. The van der Waals surface area contributed by atoms with Crippen molar-refractivity contribution >= 4 is 47.6 Å². The Morgan fingerprint density at radius 2 is 2.11 bits per heavy atom. The number of thioether (sulfide) groups is 1. The van der Waals surface area contributed by atoms with Crippen LogP contribution in [0.1, 0.15) is 49.9 Å². The van der Waals surface area contributed by atoms with Crippen LogP contribution < -0.4 is 16.0 Å². The first kappa shape index (κ1) is 24.9. The third-order valence-corrected chi connectivity index (χ3v) is 5.70. The minimum Gasteiger partial charge on any atom is -0.508 e. The van der Waals surface area contributed by atoms with E-state index in [4.69, 9.17) is 0 Å². The van der Waals surface area contributed by atoms with Crippen LogP contribution in [0.4, 0.5) is 0 Å². The van der Waals surface area contributed by atoms with Gasteiger partial charge in [-0.3, -0.25) is 9.79 Å². The SMILES string of the molecule is CCNC(=NCCCNC(=O)c1cccc(O)c1)NC1CCC(SCC)C1.I. The van der Waals surface area contributed by atoms with E-state index < -0.39 is 0 Å². The van der Waals surface area contributed by atoms with Gasteiger partial charge in [0.05, 0.1) is 0 Å². The summed E-state index contributed by atoms with van der Waals surface area (Å²) in [6, 6.07) is 6.86. The first-order valence-electron chi connectivity index (χ1n) is 9.86. The average Bonchev–Trinajstić information content (AvgIpc) is 3.08. The summed E-state index contributed by atoms with van der Waals surface area (Å²) >= 11 is 2.05. The molecule has 2 unspecified atom stereocenters. The summed E-state index contributed by atoms with van der Waals surface area (Å²) in [5.74, 6) is 1.97. The number of rotatable bonds is 9. The second kappa shape index (κ2) is 13.9. The zero-order chi connectivity index (χ0) is 19.5. The number of hydrogen-bond acceptors (Lipinski definition) is 4. The van der Waals surface area contributed by atoms with Gasteiger partial charge in [0.15, 0.2) is 5.96 Å². The number of guanidine groups is 1. The van der Waals surface area contributed by atoms with Gasteiger partial charge in [-0.25, -0.2) is 0 Å². The molecular weight excluding hydrogens is 487 g/mol. The Morgan fingerprint density at radius 1 is 1.29 bits per heavy atom. The molecule has 0 heterocycles. The Hall–Kier alpha value is -1.16. The summed E-state index contributed by atoms with van der Waals surface area (Å²) < 4.78 is 0. The molecule has 1 aliphatic carbocycles. The van der Waals surface area contributed by atoms with E-state index in [9.17, 15) is 9.90 Å². The smallest absolute Gasteiger partial charge is 0.251 e. The minimum absolute atomic E-state index is 0. The fraction of sp³-hybridized carbons (Fsp3) is 0.600. The number of phenols is 1. The van der Waals surface area contributed by atoms with Crippen molar-refractivity contribution in [2.45, 2.75) is 50.8 Å². The summed E-state index contributed by atoms with van der Waals surface area (Å²) in [4.78, 5) is 16.7. The van der Waals surface area contributed by atoms with Crippen LogP contribution in [0, 0.1) is 0 Å². The van der Waals surface area contributed by atoms with Crippen molar-refractivity contribution in [3.05, 3.63) is 29.8 Å². The van der Waals surface area contributed by atoms with Crippen LogP contribution >= 0.6 is 35.7 Å². The van der Waals surface area contributed by atoms with Crippen LogP contribution in [0.5, 0.6) is 5.75 Å². The van der Waals surface area contributed by atoms with Crippen molar-refractivity contribution < 1.29 is 9.90 Å². The molecule has 1 aliphatic rings. The molecule has 28 heavy (non-hydrogen) atoms. The maximum Gasteiger partial charge on any atom is 0.251 e. The molecule has 0 bridgehead atoms. The van der Waals surface area contributed by atoms with Crippen LogP contribution in [0.2, 0.25) is 0 Å². The van der Waals surface area contributed by atoms with Gasteiger partial charge < -0.3 is 21.1 Å². The van der Waals surface area contributed by atoms with Crippen LogP contribution in [-0.2, 0) is 0 Å². The lowest BCUT2D eigenvalue weighted by Crippen LogP contribution is -2.42. The molecule has 158 valence electrons. The van der Waals surface area contributed by atoms with Crippen molar-refractivity contribution in [2.75, 3.05) is 25.4 Å². The zero-order valence-electron chi connectivity index (χ0n) is 16.7. The molecule has 0 aliphatic heterocycles. The zero-order valence-corrected chi connectivity index (χ0v) is 19.9. The lowest BCUT2D eigenvalue weighted by Gasteiger charge is -2.17. The molecule has 6 nitrogen and oxygen atoms in total. The van der Waals surface area contributed by atoms with E-state index in [1.165, 1.54) is 31.1 Å². The van der Waals surface area contributed by atoms with Crippen molar-refractivity contribution in [1.82, 2.24) is 16.0 Å². The average molecular weight is 520 g/mol. The molecule has 2 rings (SSSR count). The lowest BCUT2D eigenvalue weighted by atomic mass is 10.2. The Labute approximate surface area is 189 Å². The van der Waals surface area contributed by atoms with Crippen molar-refractivity contribution in [2.24, 2.45) is 4.99 Å². The molecule has 8 heteroatoms. The molecule has 0 radical (unpaired) electrons. The highest BCUT2D eigenvalue weighted by atomic mass is 127. The quantitative estimate of drug-likeness (QED) is 0.174. The fourth-order valence-corrected chi connectivity index (χ4v) is 4.34. The molecule has 2 atom stereocenters. The second-order valence-electron chi connectivity index (χ2n) is 6.65. The van der Waals surface area contributed by atoms with Gasteiger partial charge in [-0.1, -0.05) is 13.0 Å². The van der Waals surface area contributed by atoms with E-state index in [1.807, 2.05) is 0 Å². The largest absolute Gasteiger partial charge is 0.508 e. The molecule has 0 saturated heterocycles. The minimum atomic E-state index is -0.176. The highest BCUT2D eigenvalue weighted by Gasteiger charge is 2.25. The molecule has 4 N–H and O–H groups in total. The van der Waals surface area contributed by atoms with Crippen molar-refractivity contribution in [3.63, 3.8) is 0 Å². The van der Waals surface area contributed by atoms with Gasteiger partial charge >= 0.3 is 0 Å². The summed E-state index contributed by atoms with van der Waals surface area (Å²) in [7, 11) is 0. The van der Waals surface area contributed by atoms with Crippen LogP contribution in [0.3, 0.4) is 0 Å². The van der Waals surface area contributed by atoms with E-state index in [2.05, 4.69) is 46.6 Å². The standard InChI is InChI=1S/C20H32N4O2S.HI/c1-3-21-20(24-16-9-10-18(14-16)27-4-2)23-12-6-11-22-19(26)15-7-5-8-17(25)13-15;/h5,7-8,13,16,18,25H,3-4,6,9-12,14H2,1-2H3,(H,22,26)(H2,21,23,24);1H.